The van der Waals surface area contributed by atoms with E-state index in [0.29, 0.717) is 0 Å². The van der Waals surface area contributed by atoms with Crippen LogP contribution in [0.5, 0.6) is 0 Å². The minimum Gasteiger partial charge on any atom is -0.565 e. The monoisotopic (exact) mass is 189 g/mol. The fraction of sp³-hybridized carbons (Fsp3) is 0.889. The molecule has 0 spiro atoms. The predicted octanol–water partition coefficient (Wildman–Crippen LogP) is 0.380. The molecular formula is C9H19NO3. The number of hydrogen-bond acceptors (Lipinski definition) is 2. The van der Waals surface area contributed by atoms with Crippen molar-refractivity contribution in [2.45, 2.75) is 19.8 Å². The smallest absolute Gasteiger partial charge is 0.249 e. The standard InChI is InChI=1S/C8H18N.CH2O3/c1-8-4-6-9(2,3)7-5-8;2-1(3)4/h8H,4-7H2,1-3H3;(H2,2,3,4)/q+1;/p-1. The van der Waals surface area contributed by atoms with E-state index in [4.69, 9.17) is 15.0 Å². The Morgan fingerprint density at radius 2 is 1.69 bits per heavy atom. The maximum atomic E-state index is 8.44. The van der Waals surface area contributed by atoms with Gasteiger partial charge in [-0.3, -0.25) is 0 Å². The van der Waals surface area contributed by atoms with Crippen LogP contribution in [0.4, 0.5) is 4.79 Å². The number of rotatable bonds is 0. The summed E-state index contributed by atoms with van der Waals surface area (Å²) in [5.41, 5.74) is 0. The van der Waals surface area contributed by atoms with Crippen LogP contribution in [0, 0.1) is 5.92 Å². The molecule has 0 radical (unpaired) electrons. The third kappa shape index (κ3) is 7.59. The lowest BCUT2D eigenvalue weighted by Gasteiger charge is -2.35. The molecule has 0 aromatic heterocycles. The summed E-state index contributed by atoms with van der Waals surface area (Å²) in [6.45, 7) is 5.11. The predicted molar refractivity (Wildman–Crippen MR) is 48.3 cm³/mol. The van der Waals surface area contributed by atoms with Gasteiger partial charge in [-0.05, 0) is 18.8 Å². The minimum absolute atomic E-state index is 0.983. The molecule has 0 amide bonds. The minimum atomic E-state index is -2.08. The van der Waals surface area contributed by atoms with Crippen molar-refractivity contribution in [3.63, 3.8) is 0 Å². The van der Waals surface area contributed by atoms with Gasteiger partial charge in [0.25, 0.3) is 0 Å². The summed E-state index contributed by atoms with van der Waals surface area (Å²) in [4.78, 5) is 8.44. The van der Waals surface area contributed by atoms with Gasteiger partial charge in [0, 0.05) is 0 Å². The molecule has 1 rings (SSSR count). The van der Waals surface area contributed by atoms with E-state index in [1.165, 1.54) is 30.4 Å². The first-order chi connectivity index (χ1) is 5.83. The van der Waals surface area contributed by atoms with Crippen LogP contribution < -0.4 is 5.11 Å². The van der Waals surface area contributed by atoms with Gasteiger partial charge in [-0.25, -0.2) is 0 Å². The molecule has 0 unspecified atom stereocenters. The molecule has 1 N–H and O–H groups in total. The summed E-state index contributed by atoms with van der Waals surface area (Å²) >= 11 is 0. The summed E-state index contributed by atoms with van der Waals surface area (Å²) in [5.74, 6) is 0.983. The van der Waals surface area contributed by atoms with Crippen LogP contribution in [0.3, 0.4) is 0 Å². The van der Waals surface area contributed by atoms with Gasteiger partial charge in [0.2, 0.25) is 6.16 Å². The molecule has 13 heavy (non-hydrogen) atoms. The van der Waals surface area contributed by atoms with E-state index in [1.54, 1.807) is 0 Å². The molecule has 1 saturated heterocycles. The zero-order chi connectivity index (χ0) is 10.5. The molecule has 0 saturated carbocycles. The van der Waals surface area contributed by atoms with Gasteiger partial charge in [0.05, 0.1) is 27.2 Å². The van der Waals surface area contributed by atoms with E-state index in [9.17, 15) is 0 Å². The molecule has 0 aromatic carbocycles. The molecule has 78 valence electrons. The molecular weight excluding hydrogens is 170 g/mol. The second-order valence-electron chi connectivity index (χ2n) is 4.33. The second-order valence-corrected chi connectivity index (χ2v) is 4.33. The average molecular weight is 189 g/mol. The van der Waals surface area contributed by atoms with Gasteiger partial charge in [-0.15, -0.1) is 0 Å². The number of nitrogens with zero attached hydrogens (tertiary/aromatic N) is 1. The zero-order valence-corrected chi connectivity index (χ0v) is 8.62. The normalized spacial score (nSPS) is 21.5. The highest BCUT2D eigenvalue weighted by Gasteiger charge is 2.22. The van der Waals surface area contributed by atoms with E-state index < -0.39 is 6.16 Å². The Morgan fingerprint density at radius 3 is 1.92 bits per heavy atom. The van der Waals surface area contributed by atoms with Crippen LogP contribution in [-0.4, -0.2) is 42.9 Å². The van der Waals surface area contributed by atoms with Crippen LogP contribution in [0.25, 0.3) is 0 Å². The van der Waals surface area contributed by atoms with Crippen LogP contribution in [0.1, 0.15) is 19.8 Å². The molecule has 4 heteroatoms. The molecule has 0 aliphatic carbocycles. The Labute approximate surface area is 79.4 Å². The SMILES string of the molecule is CC1CC[N+](C)(C)CC1.O=C([O-])O. The average Bonchev–Trinajstić information content (AvgIpc) is 1.95. The van der Waals surface area contributed by atoms with Gasteiger partial charge in [0.15, 0.2) is 0 Å². The van der Waals surface area contributed by atoms with E-state index in [0.717, 1.165) is 5.92 Å². The Balaban J connectivity index is 0.000000310. The van der Waals surface area contributed by atoms with E-state index in [2.05, 4.69) is 21.0 Å². The molecule has 1 aliphatic heterocycles. The molecule has 0 aromatic rings. The third-order valence-corrected chi connectivity index (χ3v) is 2.45. The lowest BCUT2D eigenvalue weighted by Crippen LogP contribution is -2.45. The number of piperidine rings is 1. The summed E-state index contributed by atoms with van der Waals surface area (Å²) in [6, 6.07) is 0. The van der Waals surface area contributed by atoms with Crippen molar-refractivity contribution in [3.05, 3.63) is 0 Å². The van der Waals surface area contributed by atoms with Crippen molar-refractivity contribution in [1.29, 1.82) is 0 Å². The second kappa shape index (κ2) is 5.07. The van der Waals surface area contributed by atoms with E-state index in [-0.39, 0.29) is 0 Å². The van der Waals surface area contributed by atoms with Crippen molar-refractivity contribution < 1.29 is 19.5 Å². The lowest BCUT2D eigenvalue weighted by molar-refractivity contribution is -0.896. The maximum absolute atomic E-state index is 8.44. The maximum Gasteiger partial charge on any atom is 0.249 e. The van der Waals surface area contributed by atoms with Gasteiger partial charge in [-0.1, -0.05) is 6.92 Å². The van der Waals surface area contributed by atoms with Gasteiger partial charge in [-0.2, -0.15) is 0 Å². The number of carbonyl (C=O) groups is 1. The van der Waals surface area contributed by atoms with Crippen molar-refractivity contribution in [2.24, 2.45) is 5.92 Å². The summed E-state index contributed by atoms with van der Waals surface area (Å²) < 4.78 is 1.24. The molecule has 1 heterocycles. The lowest BCUT2D eigenvalue weighted by atomic mass is 9.98. The summed E-state index contributed by atoms with van der Waals surface area (Å²) in [5, 5.41) is 15.3. The van der Waals surface area contributed by atoms with E-state index in [1.807, 2.05) is 0 Å². The fourth-order valence-electron chi connectivity index (χ4n) is 1.40. The third-order valence-electron chi connectivity index (χ3n) is 2.45. The number of quaternary nitrogens is 1. The van der Waals surface area contributed by atoms with Gasteiger partial charge >= 0.3 is 0 Å². The van der Waals surface area contributed by atoms with Crippen LogP contribution in [0.2, 0.25) is 0 Å². The van der Waals surface area contributed by atoms with Crippen LogP contribution in [-0.2, 0) is 0 Å². The zero-order valence-electron chi connectivity index (χ0n) is 8.62. The molecule has 1 aliphatic rings. The van der Waals surface area contributed by atoms with Crippen LogP contribution in [0.15, 0.2) is 0 Å². The number of likely N-dealkylation sites (tertiary alicyclic amines) is 1. The van der Waals surface area contributed by atoms with Crippen molar-refractivity contribution in [3.8, 4) is 0 Å². The number of carboxylic acid groups (broad SMARTS) is 2. The van der Waals surface area contributed by atoms with Gasteiger partial charge in [0.1, 0.15) is 0 Å². The Morgan fingerprint density at radius 1 is 1.38 bits per heavy atom. The molecule has 0 bridgehead atoms. The first kappa shape index (κ1) is 12.2. The van der Waals surface area contributed by atoms with Crippen molar-refractivity contribution in [1.82, 2.24) is 0 Å². The first-order valence-corrected chi connectivity index (χ1v) is 4.55. The van der Waals surface area contributed by atoms with Crippen LogP contribution >= 0.6 is 0 Å². The Bertz CT molecular complexity index is 154. The molecule has 0 atom stereocenters. The Hall–Kier alpha value is -0.770. The van der Waals surface area contributed by atoms with E-state index >= 15 is 0 Å². The summed E-state index contributed by atoms with van der Waals surface area (Å²) in [7, 11) is 4.65. The highest BCUT2D eigenvalue weighted by Crippen LogP contribution is 2.18. The topological polar surface area (TPSA) is 60.4 Å². The quantitative estimate of drug-likeness (QED) is 0.560. The van der Waals surface area contributed by atoms with Crippen molar-refractivity contribution in [2.75, 3.05) is 27.2 Å². The Kier molecular flexibility index (Phi) is 4.77. The molecule has 4 nitrogen and oxygen atoms in total. The highest BCUT2D eigenvalue weighted by atomic mass is 16.6. The van der Waals surface area contributed by atoms with Gasteiger partial charge < -0.3 is 19.5 Å². The largest absolute Gasteiger partial charge is 0.565 e. The summed E-state index contributed by atoms with van der Waals surface area (Å²) in [6.07, 6.45) is 0.764. The van der Waals surface area contributed by atoms with Crippen molar-refractivity contribution >= 4 is 6.16 Å². The number of hydrogen-bond donors (Lipinski definition) is 1. The fourth-order valence-corrected chi connectivity index (χ4v) is 1.40. The first-order valence-electron chi connectivity index (χ1n) is 4.55. The highest BCUT2D eigenvalue weighted by molar-refractivity contribution is 5.50. The molecule has 1 fully saturated rings.